The van der Waals surface area contributed by atoms with E-state index >= 15 is 0 Å². The van der Waals surface area contributed by atoms with Gasteiger partial charge in [-0.15, -0.1) is 0 Å². The molecule has 1 aliphatic heterocycles. The molecule has 0 radical (unpaired) electrons. The molecule has 5 heteroatoms. The number of nitrogens with zero attached hydrogens (tertiary/aromatic N) is 2. The van der Waals surface area contributed by atoms with Gasteiger partial charge in [-0.1, -0.05) is 29.8 Å². The SMILES string of the molecule is O=C(O)c1cc(N2CCCCc3ccccc32)ncc1Cl. The summed E-state index contributed by atoms with van der Waals surface area (Å²) in [5.74, 6) is -0.405. The summed E-state index contributed by atoms with van der Waals surface area (Å²) in [6, 6.07) is 9.73. The van der Waals surface area contributed by atoms with Gasteiger partial charge in [0.1, 0.15) is 5.82 Å². The molecule has 108 valence electrons. The van der Waals surface area contributed by atoms with E-state index in [1.165, 1.54) is 11.8 Å². The second-order valence-corrected chi connectivity index (χ2v) is 5.47. The first-order chi connectivity index (χ1) is 10.2. The molecule has 0 atom stereocenters. The Bertz CT molecular complexity index is 688. The standard InChI is InChI=1S/C16H15ClN2O2/c17-13-10-18-15(9-12(13)16(20)21)19-8-4-3-6-11-5-1-2-7-14(11)19/h1-2,5,7,9-10H,3-4,6,8H2,(H,20,21). The number of carbonyl (C=O) groups is 1. The normalized spacial score (nSPS) is 14.4. The minimum atomic E-state index is -1.04. The number of fused-ring (bicyclic) bond motifs is 1. The van der Waals surface area contributed by atoms with E-state index in [9.17, 15) is 9.90 Å². The van der Waals surface area contributed by atoms with Gasteiger partial charge in [-0.3, -0.25) is 0 Å². The van der Waals surface area contributed by atoms with Crippen LogP contribution in [0.5, 0.6) is 0 Å². The van der Waals surface area contributed by atoms with Crippen LogP contribution in [0.1, 0.15) is 28.8 Å². The lowest BCUT2D eigenvalue weighted by Gasteiger charge is -2.24. The van der Waals surface area contributed by atoms with E-state index in [2.05, 4.69) is 22.0 Å². The fourth-order valence-corrected chi connectivity index (χ4v) is 2.85. The molecule has 21 heavy (non-hydrogen) atoms. The van der Waals surface area contributed by atoms with Gasteiger partial charge < -0.3 is 10.0 Å². The zero-order valence-corrected chi connectivity index (χ0v) is 12.2. The first-order valence-electron chi connectivity index (χ1n) is 6.91. The summed E-state index contributed by atoms with van der Waals surface area (Å²) in [6.45, 7) is 0.824. The number of para-hydroxylation sites is 1. The summed E-state index contributed by atoms with van der Waals surface area (Å²) in [5.41, 5.74) is 2.45. The number of rotatable bonds is 2. The van der Waals surface area contributed by atoms with Gasteiger partial charge in [-0.25, -0.2) is 9.78 Å². The van der Waals surface area contributed by atoms with E-state index < -0.39 is 5.97 Å². The average Bonchev–Trinajstić information content (AvgIpc) is 2.70. The molecule has 4 nitrogen and oxygen atoms in total. The quantitative estimate of drug-likeness (QED) is 0.914. The van der Waals surface area contributed by atoms with Crippen molar-refractivity contribution in [3.05, 3.63) is 52.7 Å². The Morgan fingerprint density at radius 2 is 2.10 bits per heavy atom. The monoisotopic (exact) mass is 302 g/mol. The van der Waals surface area contributed by atoms with Gasteiger partial charge in [0.05, 0.1) is 10.6 Å². The third kappa shape index (κ3) is 2.72. The Labute approximate surface area is 128 Å². The Morgan fingerprint density at radius 1 is 1.29 bits per heavy atom. The number of benzene rings is 1. The molecule has 1 aliphatic rings. The molecular weight excluding hydrogens is 288 g/mol. The molecule has 0 saturated heterocycles. The van der Waals surface area contributed by atoms with Crippen LogP contribution in [0.2, 0.25) is 5.02 Å². The highest BCUT2D eigenvalue weighted by Crippen LogP contribution is 2.32. The predicted molar refractivity (Wildman–Crippen MR) is 82.6 cm³/mol. The predicted octanol–water partition coefficient (Wildman–Crippen LogP) is 3.91. The number of aryl methyl sites for hydroxylation is 1. The second kappa shape index (κ2) is 5.74. The summed E-state index contributed by atoms with van der Waals surface area (Å²) in [4.78, 5) is 17.6. The topological polar surface area (TPSA) is 53.4 Å². The highest BCUT2D eigenvalue weighted by atomic mass is 35.5. The Hall–Kier alpha value is -2.07. The Morgan fingerprint density at radius 3 is 2.90 bits per heavy atom. The highest BCUT2D eigenvalue weighted by molar-refractivity contribution is 6.33. The zero-order valence-electron chi connectivity index (χ0n) is 11.4. The van der Waals surface area contributed by atoms with Crippen molar-refractivity contribution in [1.82, 2.24) is 4.98 Å². The van der Waals surface area contributed by atoms with E-state index in [0.29, 0.717) is 5.82 Å². The van der Waals surface area contributed by atoms with Crippen LogP contribution >= 0.6 is 11.6 Å². The number of carboxylic acid groups (broad SMARTS) is 1. The maximum Gasteiger partial charge on any atom is 0.337 e. The molecule has 0 amide bonds. The summed E-state index contributed by atoms with van der Waals surface area (Å²) >= 11 is 5.90. The van der Waals surface area contributed by atoms with Crippen molar-refractivity contribution in [1.29, 1.82) is 0 Å². The van der Waals surface area contributed by atoms with Gasteiger partial charge in [0.2, 0.25) is 0 Å². The van der Waals surface area contributed by atoms with Gasteiger partial charge in [0.25, 0.3) is 0 Å². The molecule has 0 bridgehead atoms. The summed E-state index contributed by atoms with van der Waals surface area (Å²) in [7, 11) is 0. The lowest BCUT2D eigenvalue weighted by atomic mass is 10.1. The lowest BCUT2D eigenvalue weighted by Crippen LogP contribution is -2.19. The lowest BCUT2D eigenvalue weighted by molar-refractivity contribution is 0.0697. The van der Waals surface area contributed by atoms with Crippen LogP contribution < -0.4 is 4.90 Å². The maximum absolute atomic E-state index is 11.2. The third-order valence-electron chi connectivity index (χ3n) is 3.71. The molecular formula is C16H15ClN2O2. The van der Waals surface area contributed by atoms with Crippen LogP contribution in [-0.4, -0.2) is 22.6 Å². The first-order valence-corrected chi connectivity index (χ1v) is 7.29. The van der Waals surface area contributed by atoms with Crippen molar-refractivity contribution >= 4 is 29.1 Å². The van der Waals surface area contributed by atoms with Crippen LogP contribution in [0.3, 0.4) is 0 Å². The second-order valence-electron chi connectivity index (χ2n) is 5.06. The fraction of sp³-hybridized carbons (Fsp3) is 0.250. The minimum Gasteiger partial charge on any atom is -0.478 e. The largest absolute Gasteiger partial charge is 0.478 e. The van der Waals surface area contributed by atoms with Crippen molar-refractivity contribution in [3.63, 3.8) is 0 Å². The Balaban J connectivity index is 2.08. The minimum absolute atomic E-state index is 0.0865. The molecule has 1 N–H and O–H groups in total. The van der Waals surface area contributed by atoms with Crippen molar-refractivity contribution < 1.29 is 9.90 Å². The van der Waals surface area contributed by atoms with Crippen molar-refractivity contribution in [2.45, 2.75) is 19.3 Å². The number of carboxylic acids is 1. The van der Waals surface area contributed by atoms with Gasteiger partial charge in [0.15, 0.2) is 0 Å². The van der Waals surface area contributed by atoms with E-state index in [4.69, 9.17) is 11.6 Å². The van der Waals surface area contributed by atoms with E-state index in [-0.39, 0.29) is 10.6 Å². The van der Waals surface area contributed by atoms with Crippen LogP contribution in [0.15, 0.2) is 36.5 Å². The summed E-state index contributed by atoms with van der Waals surface area (Å²) < 4.78 is 0. The van der Waals surface area contributed by atoms with Gasteiger partial charge in [-0.2, -0.15) is 0 Å². The summed E-state index contributed by atoms with van der Waals surface area (Å²) in [6.07, 6.45) is 4.61. The first kappa shape index (κ1) is 13.9. The molecule has 2 heterocycles. The third-order valence-corrected chi connectivity index (χ3v) is 4.01. The van der Waals surface area contributed by atoms with E-state index in [0.717, 1.165) is 31.5 Å². The molecule has 0 fully saturated rings. The Kier molecular flexibility index (Phi) is 3.80. The van der Waals surface area contributed by atoms with Gasteiger partial charge >= 0.3 is 5.97 Å². The molecule has 1 aromatic carbocycles. The van der Waals surface area contributed by atoms with E-state index in [1.807, 2.05) is 12.1 Å². The smallest absolute Gasteiger partial charge is 0.337 e. The average molecular weight is 303 g/mol. The summed E-state index contributed by atoms with van der Waals surface area (Å²) in [5, 5.41) is 9.37. The van der Waals surface area contributed by atoms with Crippen molar-refractivity contribution in [2.75, 3.05) is 11.4 Å². The van der Waals surface area contributed by atoms with Crippen LogP contribution in [0.4, 0.5) is 11.5 Å². The highest BCUT2D eigenvalue weighted by Gasteiger charge is 2.19. The molecule has 2 aromatic rings. The fourth-order valence-electron chi connectivity index (χ4n) is 2.67. The zero-order chi connectivity index (χ0) is 14.8. The number of pyridine rings is 1. The molecule has 0 aliphatic carbocycles. The van der Waals surface area contributed by atoms with Crippen molar-refractivity contribution in [2.24, 2.45) is 0 Å². The number of aromatic nitrogens is 1. The molecule has 3 rings (SSSR count). The number of hydrogen-bond acceptors (Lipinski definition) is 3. The molecule has 0 unspecified atom stereocenters. The van der Waals surface area contributed by atoms with Crippen LogP contribution in [-0.2, 0) is 6.42 Å². The number of halogens is 1. The number of aromatic carboxylic acids is 1. The molecule has 0 spiro atoms. The van der Waals surface area contributed by atoms with Crippen molar-refractivity contribution in [3.8, 4) is 0 Å². The maximum atomic E-state index is 11.2. The number of anilines is 2. The number of hydrogen-bond donors (Lipinski definition) is 1. The van der Waals surface area contributed by atoms with Crippen LogP contribution in [0.25, 0.3) is 0 Å². The molecule has 1 aromatic heterocycles. The van der Waals surface area contributed by atoms with Crippen LogP contribution in [0, 0.1) is 0 Å². The van der Waals surface area contributed by atoms with Gasteiger partial charge in [0, 0.05) is 18.4 Å². The van der Waals surface area contributed by atoms with E-state index in [1.54, 1.807) is 6.07 Å². The van der Waals surface area contributed by atoms with Gasteiger partial charge in [-0.05, 0) is 37.0 Å². The molecule has 0 saturated carbocycles.